The number of carbonyl (C=O) groups excluding carboxylic acids is 1. The summed E-state index contributed by atoms with van der Waals surface area (Å²) in [5.74, 6) is 1.76. The Morgan fingerprint density at radius 2 is 2.12 bits per heavy atom. The van der Waals surface area contributed by atoms with Crippen LogP contribution >= 0.6 is 11.8 Å². The Morgan fingerprint density at radius 3 is 2.84 bits per heavy atom. The van der Waals surface area contributed by atoms with E-state index in [2.05, 4.69) is 46.5 Å². The number of nitrogens with one attached hydrogen (secondary N) is 2. The fraction of sp³-hybridized carbons (Fsp3) is 0.429. The molecule has 0 bridgehead atoms. The summed E-state index contributed by atoms with van der Waals surface area (Å²) < 4.78 is 1.74. The molecule has 0 fully saturated rings. The van der Waals surface area contributed by atoms with Crippen LogP contribution in [0.15, 0.2) is 35.6 Å². The maximum absolute atomic E-state index is 12.4. The first kappa shape index (κ1) is 23.5. The lowest BCUT2D eigenvalue weighted by atomic mass is 10.2. The van der Waals surface area contributed by atoms with Gasteiger partial charge in [-0.15, -0.1) is 0 Å². The quantitative estimate of drug-likeness (QED) is 0.193. The van der Waals surface area contributed by atoms with Crippen molar-refractivity contribution in [3.8, 4) is 0 Å². The number of hydrogen-bond acceptors (Lipinski definition) is 8. The highest BCUT2D eigenvalue weighted by atomic mass is 32.2. The molecule has 32 heavy (non-hydrogen) atoms. The molecule has 0 radical (unpaired) electrons. The van der Waals surface area contributed by atoms with Gasteiger partial charge in [-0.3, -0.25) is 14.9 Å². The van der Waals surface area contributed by atoms with Crippen LogP contribution in [0.5, 0.6) is 0 Å². The summed E-state index contributed by atoms with van der Waals surface area (Å²) >= 11 is 1.60. The van der Waals surface area contributed by atoms with Crippen molar-refractivity contribution in [2.45, 2.75) is 38.9 Å². The number of nitro benzene ring substituents is 1. The first-order chi connectivity index (χ1) is 15.4. The highest BCUT2D eigenvalue weighted by molar-refractivity contribution is 7.99. The minimum Gasteiger partial charge on any atom is -0.369 e. The van der Waals surface area contributed by atoms with Crippen molar-refractivity contribution in [1.82, 2.24) is 25.1 Å². The van der Waals surface area contributed by atoms with E-state index in [0.29, 0.717) is 29.8 Å². The number of aromatic nitrogens is 4. The second-order valence-corrected chi connectivity index (χ2v) is 8.71. The largest absolute Gasteiger partial charge is 0.369 e. The van der Waals surface area contributed by atoms with Crippen molar-refractivity contribution < 1.29 is 9.72 Å². The van der Waals surface area contributed by atoms with Gasteiger partial charge in [0.15, 0.2) is 10.8 Å². The predicted octanol–water partition coefficient (Wildman–Crippen LogP) is 3.73. The molecule has 1 aromatic carbocycles. The van der Waals surface area contributed by atoms with Gasteiger partial charge in [0, 0.05) is 36.5 Å². The number of carbonyl (C=O) groups is 1. The van der Waals surface area contributed by atoms with E-state index in [4.69, 9.17) is 0 Å². The molecule has 0 spiro atoms. The van der Waals surface area contributed by atoms with Crippen LogP contribution in [0.4, 0.5) is 11.5 Å². The number of nitro groups is 1. The molecule has 3 aromatic rings. The zero-order valence-corrected chi connectivity index (χ0v) is 19.2. The molecule has 1 amide bonds. The number of amides is 1. The molecular formula is C21H27N7O3S. The summed E-state index contributed by atoms with van der Waals surface area (Å²) in [5.41, 5.74) is 0.825. The molecule has 10 nitrogen and oxygen atoms in total. The van der Waals surface area contributed by atoms with Gasteiger partial charge in [0.1, 0.15) is 5.82 Å². The summed E-state index contributed by atoms with van der Waals surface area (Å²) in [6.45, 7) is 7.86. The van der Waals surface area contributed by atoms with E-state index >= 15 is 0 Å². The number of non-ortho nitro benzene ring substituents is 1. The normalized spacial score (nSPS) is 11.1. The predicted molar refractivity (Wildman–Crippen MR) is 125 cm³/mol. The van der Waals surface area contributed by atoms with Crippen LogP contribution in [-0.2, 0) is 6.54 Å². The van der Waals surface area contributed by atoms with E-state index in [-0.39, 0.29) is 17.2 Å². The average Bonchev–Trinajstić information content (AvgIpc) is 3.19. The molecule has 0 aliphatic carbocycles. The second kappa shape index (κ2) is 10.9. The third-order valence-electron chi connectivity index (χ3n) is 4.52. The molecular weight excluding hydrogens is 430 g/mol. The lowest BCUT2D eigenvalue weighted by Gasteiger charge is -2.11. The maximum atomic E-state index is 12.4. The molecule has 3 rings (SSSR count). The zero-order valence-electron chi connectivity index (χ0n) is 18.4. The highest BCUT2D eigenvalue weighted by Crippen LogP contribution is 2.25. The van der Waals surface area contributed by atoms with Gasteiger partial charge in [-0.25, -0.2) is 14.6 Å². The van der Waals surface area contributed by atoms with Crippen LogP contribution in [0, 0.1) is 16.0 Å². The first-order valence-corrected chi connectivity index (χ1v) is 11.5. The van der Waals surface area contributed by atoms with Gasteiger partial charge in [-0.1, -0.05) is 38.6 Å². The Labute approximate surface area is 190 Å². The summed E-state index contributed by atoms with van der Waals surface area (Å²) in [7, 11) is 0. The van der Waals surface area contributed by atoms with E-state index in [1.807, 2.05) is 0 Å². The SMILES string of the molecule is CCCSc1nc(NCC(C)C)c2cnn(CCNC(=O)c3cccc([N+](=O)[O-])c3)c2n1. The Morgan fingerprint density at radius 1 is 1.31 bits per heavy atom. The number of anilines is 1. The molecule has 0 saturated heterocycles. The molecule has 2 N–H and O–H groups in total. The molecule has 0 unspecified atom stereocenters. The second-order valence-electron chi connectivity index (χ2n) is 7.65. The molecule has 0 aliphatic heterocycles. The summed E-state index contributed by atoms with van der Waals surface area (Å²) in [4.78, 5) is 32.1. The van der Waals surface area contributed by atoms with E-state index < -0.39 is 4.92 Å². The van der Waals surface area contributed by atoms with Gasteiger partial charge in [-0.05, 0) is 18.4 Å². The fourth-order valence-electron chi connectivity index (χ4n) is 2.93. The van der Waals surface area contributed by atoms with Crippen LogP contribution in [0.25, 0.3) is 11.0 Å². The summed E-state index contributed by atoms with van der Waals surface area (Å²) in [6, 6.07) is 5.65. The molecule has 170 valence electrons. The van der Waals surface area contributed by atoms with E-state index in [0.717, 1.165) is 29.9 Å². The van der Waals surface area contributed by atoms with E-state index in [9.17, 15) is 14.9 Å². The Balaban J connectivity index is 1.74. The Bertz CT molecular complexity index is 1100. The molecule has 2 aromatic heterocycles. The minimum absolute atomic E-state index is 0.119. The van der Waals surface area contributed by atoms with Gasteiger partial charge in [0.25, 0.3) is 11.6 Å². The number of fused-ring (bicyclic) bond motifs is 1. The van der Waals surface area contributed by atoms with Gasteiger partial charge in [0.2, 0.25) is 0 Å². The number of hydrogen-bond donors (Lipinski definition) is 2. The summed E-state index contributed by atoms with van der Waals surface area (Å²) in [5, 5.41) is 23.0. The first-order valence-electron chi connectivity index (χ1n) is 10.5. The number of rotatable bonds is 11. The smallest absolute Gasteiger partial charge is 0.270 e. The molecule has 0 aliphatic rings. The Hall–Kier alpha value is -3.21. The van der Waals surface area contributed by atoms with Crippen molar-refractivity contribution in [2.75, 3.05) is 24.2 Å². The van der Waals surface area contributed by atoms with Gasteiger partial charge >= 0.3 is 0 Å². The van der Waals surface area contributed by atoms with Gasteiger partial charge in [-0.2, -0.15) is 5.10 Å². The van der Waals surface area contributed by atoms with Crippen molar-refractivity contribution in [3.63, 3.8) is 0 Å². The van der Waals surface area contributed by atoms with Crippen LogP contribution < -0.4 is 10.6 Å². The standard InChI is InChI=1S/C21H27N7O3S/c1-4-10-32-21-25-18(23-12-14(2)3)17-13-24-27(19(17)26-21)9-8-22-20(29)15-6-5-7-16(11-15)28(30)31/h5-7,11,13-14H,4,8-10,12H2,1-3H3,(H,22,29)(H,23,25,26). The summed E-state index contributed by atoms with van der Waals surface area (Å²) in [6.07, 6.45) is 2.75. The molecule has 11 heteroatoms. The topological polar surface area (TPSA) is 128 Å². The lowest BCUT2D eigenvalue weighted by Crippen LogP contribution is -2.27. The number of benzene rings is 1. The minimum atomic E-state index is -0.522. The zero-order chi connectivity index (χ0) is 23.1. The van der Waals surface area contributed by atoms with Crippen molar-refractivity contribution >= 4 is 40.2 Å². The van der Waals surface area contributed by atoms with E-state index in [1.54, 1.807) is 28.7 Å². The van der Waals surface area contributed by atoms with Crippen LogP contribution in [0.1, 0.15) is 37.6 Å². The fourth-order valence-corrected chi connectivity index (χ4v) is 3.62. The van der Waals surface area contributed by atoms with Crippen LogP contribution in [0.2, 0.25) is 0 Å². The van der Waals surface area contributed by atoms with Crippen LogP contribution in [-0.4, -0.2) is 49.4 Å². The molecule has 2 heterocycles. The lowest BCUT2D eigenvalue weighted by molar-refractivity contribution is -0.384. The van der Waals surface area contributed by atoms with Crippen molar-refractivity contribution in [1.29, 1.82) is 0 Å². The van der Waals surface area contributed by atoms with Gasteiger partial charge in [0.05, 0.1) is 23.1 Å². The van der Waals surface area contributed by atoms with Gasteiger partial charge < -0.3 is 10.6 Å². The van der Waals surface area contributed by atoms with Crippen LogP contribution in [0.3, 0.4) is 0 Å². The average molecular weight is 458 g/mol. The monoisotopic (exact) mass is 457 g/mol. The third-order valence-corrected chi connectivity index (χ3v) is 5.57. The Kier molecular flexibility index (Phi) is 7.98. The van der Waals surface area contributed by atoms with Crippen molar-refractivity contribution in [3.05, 3.63) is 46.1 Å². The maximum Gasteiger partial charge on any atom is 0.270 e. The number of thioether (sulfide) groups is 1. The third kappa shape index (κ3) is 5.94. The number of nitrogens with zero attached hydrogens (tertiary/aromatic N) is 5. The van der Waals surface area contributed by atoms with E-state index in [1.165, 1.54) is 18.2 Å². The molecule has 0 saturated carbocycles. The molecule has 0 atom stereocenters. The van der Waals surface area contributed by atoms with Crippen molar-refractivity contribution in [2.24, 2.45) is 5.92 Å². The highest BCUT2D eigenvalue weighted by Gasteiger charge is 2.15.